The smallest absolute Gasteiger partial charge is 0.353 e. The van der Waals surface area contributed by atoms with Crippen molar-refractivity contribution in [2.45, 2.75) is 13.0 Å². The van der Waals surface area contributed by atoms with Gasteiger partial charge >= 0.3 is 5.69 Å². The van der Waals surface area contributed by atoms with Crippen molar-refractivity contribution in [3.05, 3.63) is 118 Å². The van der Waals surface area contributed by atoms with Crippen LogP contribution in [0.5, 0.6) is 0 Å². The van der Waals surface area contributed by atoms with Gasteiger partial charge in [-0.25, -0.2) is 9.97 Å². The van der Waals surface area contributed by atoms with E-state index in [1.807, 2.05) is 91.9 Å². The molecule has 2 N–H and O–H groups in total. The lowest BCUT2D eigenvalue weighted by Crippen LogP contribution is -2.15. The zero-order valence-electron chi connectivity index (χ0n) is 16.9. The Morgan fingerprint density at radius 2 is 1.45 bits per heavy atom. The fourth-order valence-electron chi connectivity index (χ4n) is 3.40. The average molecular weight is 411 g/mol. The van der Waals surface area contributed by atoms with E-state index in [-0.39, 0.29) is 23.4 Å². The lowest BCUT2D eigenvalue weighted by Gasteiger charge is -2.20. The van der Waals surface area contributed by atoms with Gasteiger partial charge in [0.25, 0.3) is 0 Å². The molecule has 0 fully saturated rings. The molecule has 0 aliphatic carbocycles. The summed E-state index contributed by atoms with van der Waals surface area (Å²) in [4.78, 5) is 19.9. The third kappa shape index (κ3) is 4.67. The molecule has 7 nitrogen and oxygen atoms in total. The minimum absolute atomic E-state index is 0.132. The number of benzene rings is 3. The van der Waals surface area contributed by atoms with Crippen LogP contribution in [-0.2, 0) is 0 Å². The molecule has 154 valence electrons. The minimum atomic E-state index is -0.465. The predicted molar refractivity (Wildman–Crippen MR) is 121 cm³/mol. The highest BCUT2D eigenvalue weighted by atomic mass is 16.6. The summed E-state index contributed by atoms with van der Waals surface area (Å²) < 4.78 is 0. The fraction of sp³-hybridized carbons (Fsp3) is 0.0833. The molecule has 0 radical (unpaired) electrons. The van der Waals surface area contributed by atoms with Crippen molar-refractivity contribution in [2.75, 3.05) is 10.6 Å². The lowest BCUT2D eigenvalue weighted by molar-refractivity contribution is -0.383. The van der Waals surface area contributed by atoms with Gasteiger partial charge in [0.05, 0.1) is 11.0 Å². The van der Waals surface area contributed by atoms with E-state index in [1.165, 1.54) is 6.33 Å². The van der Waals surface area contributed by atoms with Crippen LogP contribution >= 0.6 is 0 Å². The molecule has 7 heteroatoms. The number of anilines is 3. The first kappa shape index (κ1) is 20.0. The van der Waals surface area contributed by atoms with Crippen LogP contribution in [0, 0.1) is 17.0 Å². The quantitative estimate of drug-likeness (QED) is 0.302. The molecule has 0 unspecified atom stereocenters. The molecule has 31 heavy (non-hydrogen) atoms. The maximum absolute atomic E-state index is 12.0. The Labute approximate surface area is 180 Å². The first-order chi connectivity index (χ1) is 15.1. The largest absolute Gasteiger partial charge is 0.353 e. The molecular formula is C24H21N5O2. The van der Waals surface area contributed by atoms with Gasteiger partial charge in [0.15, 0.2) is 0 Å². The zero-order chi connectivity index (χ0) is 21.6. The molecule has 0 aliphatic rings. The van der Waals surface area contributed by atoms with E-state index in [9.17, 15) is 10.1 Å². The first-order valence-electron chi connectivity index (χ1n) is 9.81. The van der Waals surface area contributed by atoms with Crippen LogP contribution in [0.1, 0.15) is 22.7 Å². The van der Waals surface area contributed by atoms with Gasteiger partial charge in [0.2, 0.25) is 11.6 Å². The van der Waals surface area contributed by atoms with Crippen molar-refractivity contribution in [3.63, 3.8) is 0 Å². The van der Waals surface area contributed by atoms with Gasteiger partial charge in [-0.05, 0) is 35.7 Å². The van der Waals surface area contributed by atoms with E-state index >= 15 is 0 Å². The summed E-state index contributed by atoms with van der Waals surface area (Å²) in [6.07, 6.45) is 1.32. The van der Waals surface area contributed by atoms with Crippen molar-refractivity contribution >= 4 is 23.0 Å². The molecular weight excluding hydrogens is 390 g/mol. The average Bonchev–Trinajstić information content (AvgIpc) is 2.78. The molecule has 0 amide bonds. The van der Waals surface area contributed by atoms with E-state index in [0.717, 1.165) is 22.4 Å². The molecule has 0 bridgehead atoms. The van der Waals surface area contributed by atoms with Crippen LogP contribution in [0.15, 0.2) is 91.3 Å². The van der Waals surface area contributed by atoms with Crippen molar-refractivity contribution < 1.29 is 4.92 Å². The Hall–Kier alpha value is -4.26. The number of nitro groups is 1. The lowest BCUT2D eigenvalue weighted by atomic mass is 9.99. The predicted octanol–water partition coefficient (Wildman–Crippen LogP) is 5.64. The van der Waals surface area contributed by atoms with Crippen molar-refractivity contribution in [3.8, 4) is 0 Å². The van der Waals surface area contributed by atoms with Crippen LogP contribution < -0.4 is 10.6 Å². The summed E-state index contributed by atoms with van der Waals surface area (Å²) in [5, 5.41) is 18.3. The molecule has 0 saturated carbocycles. The standard InChI is InChI=1S/C24H21N5O2/c1-17-9-8-14-20(15-17)27-23-22(29(30)31)24(26-16-25-23)28-21(18-10-4-2-5-11-18)19-12-6-3-7-13-19/h2-16,21H,1H3,(H2,25,26,27,28). The third-order valence-corrected chi connectivity index (χ3v) is 4.83. The second-order valence-corrected chi connectivity index (χ2v) is 7.07. The summed E-state index contributed by atoms with van der Waals surface area (Å²) in [6.45, 7) is 1.96. The number of rotatable bonds is 7. The number of hydrogen-bond acceptors (Lipinski definition) is 6. The van der Waals surface area contributed by atoms with E-state index in [4.69, 9.17) is 0 Å². The van der Waals surface area contributed by atoms with Crippen molar-refractivity contribution in [1.29, 1.82) is 0 Å². The number of nitrogens with one attached hydrogen (secondary N) is 2. The van der Waals surface area contributed by atoms with Gasteiger partial charge in [-0.2, -0.15) is 0 Å². The number of aryl methyl sites for hydroxylation is 1. The topological polar surface area (TPSA) is 93.0 Å². The van der Waals surface area contributed by atoms with Crippen molar-refractivity contribution in [2.24, 2.45) is 0 Å². The molecule has 0 atom stereocenters. The van der Waals surface area contributed by atoms with E-state index in [1.54, 1.807) is 0 Å². The summed E-state index contributed by atoms with van der Waals surface area (Å²) >= 11 is 0. The van der Waals surface area contributed by atoms with Gasteiger partial charge in [-0.3, -0.25) is 10.1 Å². The van der Waals surface area contributed by atoms with Crippen LogP contribution in [-0.4, -0.2) is 14.9 Å². The Kier molecular flexibility index (Phi) is 5.84. The highest BCUT2D eigenvalue weighted by molar-refractivity contribution is 5.74. The summed E-state index contributed by atoms with van der Waals surface area (Å²) in [6, 6.07) is 26.8. The molecule has 3 aromatic carbocycles. The van der Waals surface area contributed by atoms with Gasteiger partial charge in [0, 0.05) is 5.69 Å². The van der Waals surface area contributed by atoms with E-state index < -0.39 is 4.92 Å². The third-order valence-electron chi connectivity index (χ3n) is 4.83. The number of aromatic nitrogens is 2. The monoisotopic (exact) mass is 411 g/mol. The summed E-state index contributed by atoms with van der Waals surface area (Å²) in [5.41, 5.74) is 3.48. The van der Waals surface area contributed by atoms with Crippen LogP contribution in [0.4, 0.5) is 23.0 Å². The fourth-order valence-corrected chi connectivity index (χ4v) is 3.40. The Balaban J connectivity index is 1.75. The summed E-state index contributed by atoms with van der Waals surface area (Å²) in [7, 11) is 0. The Morgan fingerprint density at radius 1 is 0.839 bits per heavy atom. The normalized spacial score (nSPS) is 10.6. The van der Waals surface area contributed by atoms with Gasteiger partial charge in [-0.15, -0.1) is 0 Å². The van der Waals surface area contributed by atoms with E-state index in [2.05, 4.69) is 20.6 Å². The first-order valence-corrected chi connectivity index (χ1v) is 9.81. The second-order valence-electron chi connectivity index (χ2n) is 7.07. The molecule has 0 spiro atoms. The van der Waals surface area contributed by atoms with Gasteiger partial charge in [0.1, 0.15) is 6.33 Å². The maximum atomic E-state index is 12.0. The highest BCUT2D eigenvalue weighted by Gasteiger charge is 2.26. The van der Waals surface area contributed by atoms with Gasteiger partial charge in [-0.1, -0.05) is 72.8 Å². The second kappa shape index (κ2) is 9.04. The molecule has 1 aromatic heterocycles. The zero-order valence-corrected chi connectivity index (χ0v) is 16.9. The van der Waals surface area contributed by atoms with Crippen molar-refractivity contribution in [1.82, 2.24) is 9.97 Å². The molecule has 0 aliphatic heterocycles. The Morgan fingerprint density at radius 3 is 2.03 bits per heavy atom. The SMILES string of the molecule is Cc1cccc(Nc2ncnc(NC(c3ccccc3)c3ccccc3)c2[N+](=O)[O-])c1. The van der Waals surface area contributed by atoms with Crippen LogP contribution in [0.2, 0.25) is 0 Å². The minimum Gasteiger partial charge on any atom is -0.353 e. The number of hydrogen-bond donors (Lipinski definition) is 2. The molecule has 4 aromatic rings. The number of nitrogens with zero attached hydrogens (tertiary/aromatic N) is 3. The molecule has 4 rings (SSSR count). The Bertz CT molecular complexity index is 1140. The summed E-state index contributed by atoms with van der Waals surface area (Å²) in [5.74, 6) is 0.279. The van der Waals surface area contributed by atoms with Crippen LogP contribution in [0.25, 0.3) is 0 Å². The van der Waals surface area contributed by atoms with E-state index in [0.29, 0.717) is 0 Å². The molecule has 1 heterocycles. The molecule has 0 saturated heterocycles. The maximum Gasteiger partial charge on any atom is 0.353 e. The van der Waals surface area contributed by atoms with Crippen LogP contribution in [0.3, 0.4) is 0 Å². The van der Waals surface area contributed by atoms with Gasteiger partial charge < -0.3 is 10.6 Å². The highest BCUT2D eigenvalue weighted by Crippen LogP contribution is 2.35.